The predicted molar refractivity (Wildman–Crippen MR) is 139 cm³/mol. The normalized spacial score (nSPS) is 22.1. The van der Waals surface area contributed by atoms with E-state index >= 15 is 0 Å². The van der Waals surface area contributed by atoms with Crippen LogP contribution in [0.4, 0.5) is 17.6 Å². The number of esters is 1. The largest absolute Gasteiger partial charge is 0.458 e. The maximum atomic E-state index is 14.8. The zero-order valence-electron chi connectivity index (χ0n) is 21.7. The van der Waals surface area contributed by atoms with Gasteiger partial charge in [-0.3, -0.25) is 4.90 Å². The van der Waals surface area contributed by atoms with Crippen molar-refractivity contribution in [3.8, 4) is 0 Å². The van der Waals surface area contributed by atoms with E-state index in [1.54, 1.807) is 18.2 Å². The molecule has 4 nitrogen and oxygen atoms in total. The third kappa shape index (κ3) is 5.20. The van der Waals surface area contributed by atoms with Crippen LogP contribution in [0, 0.1) is 5.82 Å². The summed E-state index contributed by atoms with van der Waals surface area (Å²) in [6, 6.07) is 21.2. The monoisotopic (exact) mass is 541 g/mol. The number of benzene rings is 3. The molecular formula is C31H31F4NO3. The van der Waals surface area contributed by atoms with Gasteiger partial charge >= 0.3 is 12.1 Å². The SMILES string of the molecule is COC(C(=O)OC1Cc2cccc(F)c2CC1N1CCC(c2ccccc2)CC1)(c1ccccc1)C(F)(F)F. The second-order valence-corrected chi connectivity index (χ2v) is 10.3. The van der Waals surface area contributed by atoms with E-state index in [1.807, 2.05) is 18.2 Å². The molecule has 1 saturated heterocycles. The van der Waals surface area contributed by atoms with Gasteiger partial charge in [0.2, 0.25) is 0 Å². The first-order valence-corrected chi connectivity index (χ1v) is 13.2. The van der Waals surface area contributed by atoms with Gasteiger partial charge in [-0.2, -0.15) is 13.2 Å². The van der Waals surface area contributed by atoms with Gasteiger partial charge in [-0.15, -0.1) is 0 Å². The maximum Gasteiger partial charge on any atom is 0.432 e. The quantitative estimate of drug-likeness (QED) is 0.276. The van der Waals surface area contributed by atoms with Crippen LogP contribution in [0.25, 0.3) is 0 Å². The summed E-state index contributed by atoms with van der Waals surface area (Å²) in [5.74, 6) is -1.51. The van der Waals surface area contributed by atoms with E-state index in [0.29, 0.717) is 30.1 Å². The molecule has 3 atom stereocenters. The van der Waals surface area contributed by atoms with Crippen LogP contribution < -0.4 is 0 Å². The highest BCUT2D eigenvalue weighted by molar-refractivity contribution is 5.83. The van der Waals surface area contributed by atoms with Gasteiger partial charge in [0.15, 0.2) is 0 Å². The van der Waals surface area contributed by atoms with E-state index in [4.69, 9.17) is 9.47 Å². The first kappa shape index (κ1) is 27.3. The van der Waals surface area contributed by atoms with Crippen molar-refractivity contribution < 1.29 is 31.8 Å². The summed E-state index contributed by atoms with van der Waals surface area (Å²) in [6.45, 7) is 1.32. The van der Waals surface area contributed by atoms with Gasteiger partial charge < -0.3 is 9.47 Å². The Morgan fingerprint density at radius 3 is 2.13 bits per heavy atom. The molecule has 3 aromatic carbocycles. The number of hydrogen-bond acceptors (Lipinski definition) is 4. The summed E-state index contributed by atoms with van der Waals surface area (Å²) in [5, 5.41) is 0. The highest BCUT2D eigenvalue weighted by Gasteiger charge is 2.64. The molecule has 3 aromatic rings. The molecule has 1 aliphatic carbocycles. The fraction of sp³-hybridized carbons (Fsp3) is 0.387. The van der Waals surface area contributed by atoms with Crippen molar-refractivity contribution in [3.63, 3.8) is 0 Å². The number of ether oxygens (including phenoxy) is 2. The summed E-state index contributed by atoms with van der Waals surface area (Å²) in [4.78, 5) is 15.6. The van der Waals surface area contributed by atoms with Gasteiger partial charge in [-0.1, -0.05) is 72.8 Å². The van der Waals surface area contributed by atoms with Gasteiger partial charge in [-0.05, 0) is 61.0 Å². The Bertz CT molecular complexity index is 1280. The van der Waals surface area contributed by atoms with Crippen molar-refractivity contribution in [3.05, 3.63) is 107 Å². The molecule has 1 heterocycles. The fourth-order valence-electron chi connectivity index (χ4n) is 6.10. The van der Waals surface area contributed by atoms with Crippen molar-refractivity contribution in [1.29, 1.82) is 0 Å². The Morgan fingerprint density at radius 1 is 0.872 bits per heavy atom. The molecule has 0 N–H and O–H groups in total. The third-order valence-corrected chi connectivity index (χ3v) is 8.18. The molecule has 2 aliphatic rings. The van der Waals surface area contributed by atoms with Crippen molar-refractivity contribution in [2.75, 3.05) is 20.2 Å². The van der Waals surface area contributed by atoms with Gasteiger partial charge in [0.1, 0.15) is 11.9 Å². The number of likely N-dealkylation sites (tertiary alicyclic amines) is 1. The molecule has 0 radical (unpaired) electrons. The van der Waals surface area contributed by atoms with Crippen LogP contribution in [0.15, 0.2) is 78.9 Å². The molecule has 5 rings (SSSR count). The Labute approximate surface area is 225 Å². The lowest BCUT2D eigenvalue weighted by Crippen LogP contribution is -2.57. The van der Waals surface area contributed by atoms with Crippen LogP contribution in [0.5, 0.6) is 0 Å². The van der Waals surface area contributed by atoms with E-state index in [9.17, 15) is 22.4 Å². The lowest BCUT2D eigenvalue weighted by atomic mass is 9.82. The highest BCUT2D eigenvalue weighted by Crippen LogP contribution is 2.44. The summed E-state index contributed by atoms with van der Waals surface area (Å²) in [6.07, 6.45) is -3.91. The number of alkyl halides is 3. The zero-order chi connectivity index (χ0) is 27.6. The Hall–Kier alpha value is -3.23. The Morgan fingerprint density at radius 2 is 1.51 bits per heavy atom. The maximum absolute atomic E-state index is 14.8. The van der Waals surface area contributed by atoms with Crippen molar-refractivity contribution >= 4 is 5.97 Å². The number of carbonyl (C=O) groups is 1. The zero-order valence-corrected chi connectivity index (χ0v) is 21.7. The van der Waals surface area contributed by atoms with E-state index < -0.39 is 29.9 Å². The van der Waals surface area contributed by atoms with Gasteiger partial charge in [-0.25, -0.2) is 9.18 Å². The highest BCUT2D eigenvalue weighted by atomic mass is 19.4. The number of carbonyl (C=O) groups excluding carboxylic acids is 1. The molecule has 206 valence electrons. The first-order valence-electron chi connectivity index (χ1n) is 13.2. The Balaban J connectivity index is 1.44. The Kier molecular flexibility index (Phi) is 7.78. The van der Waals surface area contributed by atoms with E-state index in [1.165, 1.54) is 35.9 Å². The summed E-state index contributed by atoms with van der Waals surface area (Å²) >= 11 is 0. The molecule has 0 amide bonds. The van der Waals surface area contributed by atoms with E-state index in [2.05, 4.69) is 17.0 Å². The topological polar surface area (TPSA) is 38.8 Å². The summed E-state index contributed by atoms with van der Waals surface area (Å²) in [7, 11) is 0.860. The molecule has 39 heavy (non-hydrogen) atoms. The van der Waals surface area contributed by atoms with Crippen molar-refractivity contribution in [2.24, 2.45) is 0 Å². The lowest BCUT2D eigenvalue weighted by Gasteiger charge is -2.44. The summed E-state index contributed by atoms with van der Waals surface area (Å²) < 4.78 is 69.1. The fourth-order valence-corrected chi connectivity index (χ4v) is 6.10. The molecule has 1 fully saturated rings. The first-order chi connectivity index (χ1) is 18.7. The van der Waals surface area contributed by atoms with Crippen LogP contribution in [0.3, 0.4) is 0 Å². The van der Waals surface area contributed by atoms with Crippen molar-refractivity contribution in [1.82, 2.24) is 4.90 Å². The summed E-state index contributed by atoms with van der Waals surface area (Å²) in [5.41, 5.74) is -1.22. The van der Waals surface area contributed by atoms with Gasteiger partial charge in [0, 0.05) is 19.1 Å². The number of fused-ring (bicyclic) bond motifs is 1. The number of halogens is 4. The minimum atomic E-state index is -5.07. The predicted octanol–water partition coefficient (Wildman–Crippen LogP) is 6.19. The third-order valence-electron chi connectivity index (χ3n) is 8.18. The average molecular weight is 542 g/mol. The number of methoxy groups -OCH3 is 1. The van der Waals surface area contributed by atoms with Gasteiger partial charge in [0.25, 0.3) is 5.60 Å². The number of hydrogen-bond donors (Lipinski definition) is 0. The molecule has 0 aromatic heterocycles. The smallest absolute Gasteiger partial charge is 0.432 e. The minimum Gasteiger partial charge on any atom is -0.458 e. The molecule has 3 unspecified atom stereocenters. The number of nitrogens with zero attached hydrogens (tertiary/aromatic N) is 1. The van der Waals surface area contributed by atoms with Crippen LogP contribution in [0.1, 0.15) is 41.0 Å². The standard InChI is InChI=1S/C31H31F4NO3/c1-38-30(31(33,34)35,24-12-6-3-7-13-24)29(37)39-28-19-23-11-8-14-26(32)25(23)20-27(28)36-17-15-22(16-18-36)21-9-4-2-5-10-21/h2-14,22,27-28H,15-20H2,1H3. The van der Waals surface area contributed by atoms with Gasteiger partial charge in [0.05, 0.1) is 6.04 Å². The van der Waals surface area contributed by atoms with Crippen LogP contribution >= 0.6 is 0 Å². The van der Waals surface area contributed by atoms with Crippen LogP contribution in [-0.4, -0.2) is 49.4 Å². The average Bonchev–Trinajstić information content (AvgIpc) is 2.94. The van der Waals surface area contributed by atoms with Crippen LogP contribution in [-0.2, 0) is 32.7 Å². The molecular weight excluding hydrogens is 510 g/mol. The number of piperidine rings is 1. The second-order valence-electron chi connectivity index (χ2n) is 10.3. The van der Waals surface area contributed by atoms with E-state index in [0.717, 1.165) is 20.0 Å². The number of rotatable bonds is 6. The molecule has 0 saturated carbocycles. The molecule has 8 heteroatoms. The molecule has 0 bridgehead atoms. The van der Waals surface area contributed by atoms with Crippen LogP contribution in [0.2, 0.25) is 0 Å². The minimum absolute atomic E-state index is 0.120. The van der Waals surface area contributed by atoms with E-state index in [-0.39, 0.29) is 24.2 Å². The van der Waals surface area contributed by atoms with Crippen molar-refractivity contribution in [2.45, 2.75) is 55.5 Å². The lowest BCUT2D eigenvalue weighted by molar-refractivity contribution is -0.279. The molecule has 1 aliphatic heterocycles. The second kappa shape index (κ2) is 11.1. The molecule has 0 spiro atoms.